The second-order valence-electron chi connectivity index (χ2n) is 11.4. The van der Waals surface area contributed by atoms with Gasteiger partial charge in [0.1, 0.15) is 11.6 Å². The maximum Gasteiger partial charge on any atom is 0.229 e. The average molecular weight is 508 g/mol. The van der Waals surface area contributed by atoms with Crippen molar-refractivity contribution >= 4 is 29.0 Å². The van der Waals surface area contributed by atoms with Gasteiger partial charge in [0.25, 0.3) is 0 Å². The summed E-state index contributed by atoms with van der Waals surface area (Å²) in [5, 5.41) is 9.72. The SMILES string of the molecule is CC(C)N1CCN(c2ccc(Nc3ncc(C4C[C@@]45CCNC5=O)c(NC4CCCC4)n3)c(F)c2)CC1. The quantitative estimate of drug-likeness (QED) is 0.517. The van der Waals surface area contributed by atoms with Gasteiger partial charge in [-0.05, 0) is 57.7 Å². The number of nitrogens with one attached hydrogen (secondary N) is 3. The molecule has 4 aliphatic rings. The van der Waals surface area contributed by atoms with Gasteiger partial charge in [-0.25, -0.2) is 9.37 Å². The van der Waals surface area contributed by atoms with Crippen molar-refractivity contribution in [2.24, 2.45) is 5.41 Å². The van der Waals surface area contributed by atoms with Crippen LogP contribution in [0.4, 0.5) is 27.5 Å². The topological polar surface area (TPSA) is 85.4 Å². The molecule has 0 radical (unpaired) electrons. The van der Waals surface area contributed by atoms with E-state index in [0.29, 0.717) is 23.7 Å². The molecule has 37 heavy (non-hydrogen) atoms. The van der Waals surface area contributed by atoms with Crippen molar-refractivity contribution in [1.82, 2.24) is 20.2 Å². The summed E-state index contributed by atoms with van der Waals surface area (Å²) in [6.45, 7) is 8.93. The van der Waals surface area contributed by atoms with Crippen molar-refractivity contribution < 1.29 is 9.18 Å². The molecule has 2 aliphatic heterocycles. The predicted octanol–water partition coefficient (Wildman–Crippen LogP) is 4.24. The number of carbonyl (C=O) groups excluding carboxylic acids is 1. The Hall–Kier alpha value is -2.94. The lowest BCUT2D eigenvalue weighted by atomic mass is 9.98. The molecule has 0 bridgehead atoms. The Morgan fingerprint density at radius 2 is 1.95 bits per heavy atom. The van der Waals surface area contributed by atoms with E-state index in [1.165, 1.54) is 12.8 Å². The van der Waals surface area contributed by atoms with Crippen LogP contribution >= 0.6 is 0 Å². The Kier molecular flexibility index (Phi) is 6.42. The third-order valence-corrected chi connectivity index (χ3v) is 8.88. The number of nitrogens with zero attached hydrogens (tertiary/aromatic N) is 4. The Balaban J connectivity index is 1.19. The lowest BCUT2D eigenvalue weighted by Crippen LogP contribution is -2.48. The van der Waals surface area contributed by atoms with Crippen LogP contribution in [0.2, 0.25) is 0 Å². The summed E-state index contributed by atoms with van der Waals surface area (Å²) in [5.41, 5.74) is 1.97. The zero-order valence-electron chi connectivity index (χ0n) is 21.9. The Labute approximate surface area is 218 Å². The minimum Gasteiger partial charge on any atom is -0.369 e. The fraction of sp³-hybridized carbons (Fsp3) is 0.607. The van der Waals surface area contributed by atoms with Crippen LogP contribution in [0.15, 0.2) is 24.4 Å². The van der Waals surface area contributed by atoms with E-state index in [9.17, 15) is 4.79 Å². The van der Waals surface area contributed by atoms with E-state index >= 15 is 4.39 Å². The highest BCUT2D eigenvalue weighted by Gasteiger charge is 2.63. The fourth-order valence-electron chi connectivity index (χ4n) is 6.43. The molecular weight excluding hydrogens is 469 g/mol. The summed E-state index contributed by atoms with van der Waals surface area (Å²) in [6.07, 6.45) is 8.19. The predicted molar refractivity (Wildman–Crippen MR) is 144 cm³/mol. The summed E-state index contributed by atoms with van der Waals surface area (Å²) in [4.78, 5) is 26.5. The minimum absolute atomic E-state index is 0.139. The molecule has 1 spiro atoms. The van der Waals surface area contributed by atoms with Crippen LogP contribution in [0.5, 0.6) is 0 Å². The van der Waals surface area contributed by atoms with E-state index in [-0.39, 0.29) is 23.1 Å². The summed E-state index contributed by atoms with van der Waals surface area (Å²) >= 11 is 0. The third kappa shape index (κ3) is 4.74. The molecule has 8 nitrogen and oxygen atoms in total. The van der Waals surface area contributed by atoms with Crippen LogP contribution in [0.3, 0.4) is 0 Å². The standard InChI is InChI=1S/C28H38FN7O/c1-18(2)35-11-13-36(14-12-35)20-7-8-24(23(29)15-20)33-27-31-17-21(22-16-28(22)9-10-30-26(28)37)25(34-27)32-19-5-3-4-6-19/h7-8,15,17-19,22H,3-6,9-14,16H2,1-2H3,(H,30,37)(H2,31,32,33,34)/t22?,28-/m0/s1. The van der Waals surface area contributed by atoms with E-state index < -0.39 is 0 Å². The minimum atomic E-state index is -0.314. The van der Waals surface area contributed by atoms with Crippen molar-refractivity contribution in [3.05, 3.63) is 35.8 Å². The number of anilines is 4. The van der Waals surface area contributed by atoms with Crippen LogP contribution < -0.4 is 20.9 Å². The van der Waals surface area contributed by atoms with Crippen LogP contribution in [0, 0.1) is 11.2 Å². The summed E-state index contributed by atoms with van der Waals surface area (Å²) in [6, 6.07) is 6.26. The van der Waals surface area contributed by atoms with Crippen LogP contribution in [0.1, 0.15) is 63.9 Å². The highest BCUT2D eigenvalue weighted by Crippen LogP contribution is 2.64. The van der Waals surface area contributed by atoms with Gasteiger partial charge in [0.15, 0.2) is 0 Å². The van der Waals surface area contributed by atoms with Gasteiger partial charge < -0.3 is 20.9 Å². The first-order chi connectivity index (χ1) is 17.9. The van der Waals surface area contributed by atoms with E-state index in [2.05, 4.69) is 44.6 Å². The van der Waals surface area contributed by atoms with Gasteiger partial charge in [0.05, 0.1) is 11.1 Å². The molecule has 3 N–H and O–H groups in total. The maximum atomic E-state index is 15.2. The summed E-state index contributed by atoms with van der Waals surface area (Å²) < 4.78 is 15.2. The Morgan fingerprint density at radius 1 is 1.16 bits per heavy atom. The molecule has 2 saturated heterocycles. The van der Waals surface area contributed by atoms with Crippen molar-refractivity contribution in [3.8, 4) is 0 Å². The van der Waals surface area contributed by atoms with E-state index in [4.69, 9.17) is 4.98 Å². The molecule has 1 aromatic carbocycles. The molecule has 9 heteroatoms. The molecule has 2 atom stereocenters. The third-order valence-electron chi connectivity index (χ3n) is 8.88. The molecule has 6 rings (SSSR count). The Morgan fingerprint density at radius 3 is 2.62 bits per heavy atom. The smallest absolute Gasteiger partial charge is 0.229 e. The van der Waals surface area contributed by atoms with Crippen LogP contribution in [-0.4, -0.2) is 65.6 Å². The van der Waals surface area contributed by atoms with Gasteiger partial charge in [0.2, 0.25) is 11.9 Å². The van der Waals surface area contributed by atoms with E-state index in [0.717, 1.165) is 75.5 Å². The molecule has 2 aromatic rings. The van der Waals surface area contributed by atoms with Crippen LogP contribution in [0.25, 0.3) is 0 Å². The molecule has 198 valence electrons. The molecule has 4 fully saturated rings. The lowest BCUT2D eigenvalue weighted by molar-refractivity contribution is -0.123. The maximum absolute atomic E-state index is 15.2. The number of piperazine rings is 1. The summed E-state index contributed by atoms with van der Waals surface area (Å²) in [5.74, 6) is 1.13. The number of carbonyl (C=O) groups is 1. The van der Waals surface area contributed by atoms with Gasteiger partial charge >= 0.3 is 0 Å². The molecule has 3 heterocycles. The number of hydrogen-bond donors (Lipinski definition) is 3. The van der Waals surface area contributed by atoms with E-state index in [1.807, 2.05) is 12.3 Å². The van der Waals surface area contributed by atoms with Gasteiger partial charge in [0, 0.05) is 68.2 Å². The number of amides is 1. The molecule has 1 amide bonds. The first-order valence-corrected chi connectivity index (χ1v) is 13.9. The highest BCUT2D eigenvalue weighted by molar-refractivity contribution is 5.89. The molecule has 1 unspecified atom stereocenters. The van der Waals surface area contributed by atoms with Gasteiger partial charge in [-0.15, -0.1) is 0 Å². The molecule has 1 aromatic heterocycles. The number of rotatable bonds is 7. The van der Waals surface area contributed by atoms with Crippen LogP contribution in [-0.2, 0) is 4.79 Å². The number of benzene rings is 1. The largest absolute Gasteiger partial charge is 0.369 e. The monoisotopic (exact) mass is 507 g/mol. The number of hydrogen-bond acceptors (Lipinski definition) is 7. The number of halogens is 1. The first-order valence-electron chi connectivity index (χ1n) is 13.9. The van der Waals surface area contributed by atoms with Gasteiger partial charge in [-0.2, -0.15) is 4.98 Å². The fourth-order valence-corrected chi connectivity index (χ4v) is 6.43. The van der Waals surface area contributed by atoms with Crippen molar-refractivity contribution in [2.45, 2.75) is 70.4 Å². The number of aromatic nitrogens is 2. The Bertz CT molecular complexity index is 1160. The average Bonchev–Trinajstić information content (AvgIpc) is 3.17. The van der Waals surface area contributed by atoms with Crippen molar-refractivity contribution in [2.75, 3.05) is 48.3 Å². The summed E-state index contributed by atoms with van der Waals surface area (Å²) in [7, 11) is 0. The zero-order chi connectivity index (χ0) is 25.6. The lowest BCUT2D eigenvalue weighted by Gasteiger charge is -2.38. The second-order valence-corrected chi connectivity index (χ2v) is 11.4. The first kappa shape index (κ1) is 24.4. The van der Waals surface area contributed by atoms with Gasteiger partial charge in [-0.3, -0.25) is 9.69 Å². The normalized spacial score (nSPS) is 26.2. The van der Waals surface area contributed by atoms with Crippen molar-refractivity contribution in [3.63, 3.8) is 0 Å². The van der Waals surface area contributed by atoms with Gasteiger partial charge in [-0.1, -0.05) is 12.8 Å². The van der Waals surface area contributed by atoms with E-state index in [1.54, 1.807) is 12.1 Å². The van der Waals surface area contributed by atoms with Crippen molar-refractivity contribution in [1.29, 1.82) is 0 Å². The zero-order valence-corrected chi connectivity index (χ0v) is 21.9. The molecular formula is C28H38FN7O. The molecule has 2 saturated carbocycles. The molecule has 2 aliphatic carbocycles. The second kappa shape index (κ2) is 9.74. The highest BCUT2D eigenvalue weighted by atomic mass is 19.1.